The van der Waals surface area contributed by atoms with E-state index in [1.807, 2.05) is 6.92 Å². The summed E-state index contributed by atoms with van der Waals surface area (Å²) in [4.78, 5) is 4.28. The Bertz CT molecular complexity index is 638. The van der Waals surface area contributed by atoms with Gasteiger partial charge in [-0.2, -0.15) is 11.3 Å². The van der Waals surface area contributed by atoms with Gasteiger partial charge in [0.1, 0.15) is 5.75 Å². The second-order valence-electron chi connectivity index (χ2n) is 5.57. The predicted octanol–water partition coefficient (Wildman–Crippen LogP) is 3.53. The molecule has 0 aliphatic rings. The average Bonchev–Trinajstić information content (AvgIpc) is 3.10. The summed E-state index contributed by atoms with van der Waals surface area (Å²) in [7, 11) is 3.49. The third-order valence-corrected chi connectivity index (χ3v) is 4.55. The molecule has 0 saturated carbocycles. The van der Waals surface area contributed by atoms with Crippen LogP contribution in [0, 0.1) is 6.92 Å². The number of hydrogen-bond acceptors (Lipinski definition) is 3. The van der Waals surface area contributed by atoms with Gasteiger partial charge in [-0.05, 0) is 52.4 Å². The van der Waals surface area contributed by atoms with Crippen LogP contribution in [0.2, 0.25) is 0 Å². The molecule has 0 spiro atoms. The minimum absolute atomic E-state index is 0.458. The van der Waals surface area contributed by atoms with Crippen molar-refractivity contribution < 1.29 is 4.74 Å². The molecule has 1 unspecified atom stereocenters. The molecule has 0 amide bonds. The fourth-order valence-corrected chi connectivity index (χ4v) is 3.09. The zero-order valence-electron chi connectivity index (χ0n) is 14.2. The minimum atomic E-state index is 0.458. The zero-order chi connectivity index (χ0) is 16.7. The van der Waals surface area contributed by atoms with Crippen LogP contribution in [-0.2, 0) is 6.54 Å². The molecule has 23 heavy (non-hydrogen) atoms. The molecule has 2 N–H and O–H groups in total. The lowest BCUT2D eigenvalue weighted by atomic mass is 10.1. The van der Waals surface area contributed by atoms with Gasteiger partial charge in [0, 0.05) is 20.1 Å². The first-order valence-electron chi connectivity index (χ1n) is 7.74. The average molecular weight is 331 g/mol. The van der Waals surface area contributed by atoms with Gasteiger partial charge in [0.25, 0.3) is 0 Å². The predicted molar refractivity (Wildman–Crippen MR) is 98.7 cm³/mol. The van der Waals surface area contributed by atoms with Gasteiger partial charge in [0.2, 0.25) is 0 Å². The number of nitrogens with zero attached hydrogens (tertiary/aromatic N) is 1. The second kappa shape index (κ2) is 8.58. The summed E-state index contributed by atoms with van der Waals surface area (Å²) in [6.45, 7) is 5.83. The van der Waals surface area contributed by atoms with Crippen LogP contribution < -0.4 is 15.4 Å². The quantitative estimate of drug-likeness (QED) is 0.629. The molecule has 1 atom stereocenters. The molecule has 2 rings (SSSR count). The molecule has 1 aromatic carbocycles. The van der Waals surface area contributed by atoms with Gasteiger partial charge < -0.3 is 15.4 Å². The van der Waals surface area contributed by atoms with Gasteiger partial charge in [0.05, 0.1) is 7.11 Å². The fraction of sp³-hybridized carbons (Fsp3) is 0.389. The molecule has 0 fully saturated rings. The molecule has 124 valence electrons. The van der Waals surface area contributed by atoms with Crippen LogP contribution in [-0.4, -0.2) is 26.7 Å². The van der Waals surface area contributed by atoms with Crippen molar-refractivity contribution in [2.75, 3.05) is 20.7 Å². The number of thiophene rings is 1. The van der Waals surface area contributed by atoms with Gasteiger partial charge in [-0.1, -0.05) is 19.1 Å². The standard InChI is InChI=1S/C18H25N3OS/c1-13-5-6-15(9-17(13)22-4)11-21-18(19-3)20-10-14(2)16-7-8-23-12-16/h5-9,12,14H,10-11H2,1-4H3,(H2,19,20,21). The van der Waals surface area contributed by atoms with Gasteiger partial charge in [0.15, 0.2) is 5.96 Å². The van der Waals surface area contributed by atoms with E-state index in [4.69, 9.17) is 4.74 Å². The van der Waals surface area contributed by atoms with E-state index in [1.165, 1.54) is 11.1 Å². The third-order valence-electron chi connectivity index (χ3n) is 3.84. The van der Waals surface area contributed by atoms with E-state index in [2.05, 4.69) is 57.6 Å². The highest BCUT2D eigenvalue weighted by Gasteiger charge is 2.07. The highest BCUT2D eigenvalue weighted by molar-refractivity contribution is 7.07. The zero-order valence-corrected chi connectivity index (χ0v) is 15.0. The van der Waals surface area contributed by atoms with Crippen LogP contribution in [0.15, 0.2) is 40.0 Å². The largest absolute Gasteiger partial charge is 0.496 e. The van der Waals surface area contributed by atoms with Crippen LogP contribution in [0.25, 0.3) is 0 Å². The summed E-state index contributed by atoms with van der Waals surface area (Å²) in [5, 5.41) is 11.0. The Morgan fingerprint density at radius 3 is 2.78 bits per heavy atom. The molecule has 1 heterocycles. The Hall–Kier alpha value is -2.01. The number of ether oxygens (including phenoxy) is 1. The summed E-state index contributed by atoms with van der Waals surface area (Å²) in [5.74, 6) is 2.18. The summed E-state index contributed by atoms with van der Waals surface area (Å²) >= 11 is 1.73. The van der Waals surface area contributed by atoms with Gasteiger partial charge in [-0.3, -0.25) is 4.99 Å². The van der Waals surface area contributed by atoms with Crippen LogP contribution in [0.1, 0.15) is 29.5 Å². The fourth-order valence-electron chi connectivity index (χ4n) is 2.30. The van der Waals surface area contributed by atoms with E-state index in [-0.39, 0.29) is 0 Å². The lowest BCUT2D eigenvalue weighted by Crippen LogP contribution is -2.38. The Morgan fingerprint density at radius 2 is 2.13 bits per heavy atom. The van der Waals surface area contributed by atoms with Crippen LogP contribution >= 0.6 is 11.3 Å². The summed E-state index contributed by atoms with van der Waals surface area (Å²) in [6, 6.07) is 8.41. The van der Waals surface area contributed by atoms with Crippen molar-refractivity contribution in [1.29, 1.82) is 0 Å². The van der Waals surface area contributed by atoms with E-state index < -0.39 is 0 Å². The van der Waals surface area contributed by atoms with Crippen LogP contribution in [0.3, 0.4) is 0 Å². The molecular formula is C18H25N3OS. The lowest BCUT2D eigenvalue weighted by molar-refractivity contribution is 0.411. The summed E-state index contributed by atoms with van der Waals surface area (Å²) in [5.41, 5.74) is 3.67. The monoisotopic (exact) mass is 331 g/mol. The van der Waals surface area contributed by atoms with E-state index in [1.54, 1.807) is 25.5 Å². The van der Waals surface area contributed by atoms with Crippen molar-refractivity contribution in [3.8, 4) is 5.75 Å². The van der Waals surface area contributed by atoms with Gasteiger partial charge in [-0.25, -0.2) is 0 Å². The van der Waals surface area contributed by atoms with Crippen molar-refractivity contribution in [3.63, 3.8) is 0 Å². The Kier molecular flexibility index (Phi) is 6.47. The molecule has 0 aliphatic carbocycles. The first-order valence-corrected chi connectivity index (χ1v) is 8.68. The third kappa shape index (κ3) is 4.99. The first-order chi connectivity index (χ1) is 11.1. The van der Waals surface area contributed by atoms with Crippen molar-refractivity contribution in [1.82, 2.24) is 10.6 Å². The van der Waals surface area contributed by atoms with Gasteiger partial charge in [-0.15, -0.1) is 0 Å². The van der Waals surface area contributed by atoms with Crippen molar-refractivity contribution in [2.24, 2.45) is 4.99 Å². The molecule has 0 bridgehead atoms. The van der Waals surface area contributed by atoms with E-state index >= 15 is 0 Å². The molecule has 2 aromatic rings. The molecule has 4 nitrogen and oxygen atoms in total. The lowest BCUT2D eigenvalue weighted by Gasteiger charge is -2.16. The molecule has 5 heteroatoms. The summed E-state index contributed by atoms with van der Waals surface area (Å²) < 4.78 is 5.37. The second-order valence-corrected chi connectivity index (χ2v) is 6.35. The summed E-state index contributed by atoms with van der Waals surface area (Å²) in [6.07, 6.45) is 0. The van der Waals surface area contributed by atoms with Crippen molar-refractivity contribution in [2.45, 2.75) is 26.3 Å². The highest BCUT2D eigenvalue weighted by Crippen LogP contribution is 2.19. The number of aliphatic imine (C=N–C) groups is 1. The number of aryl methyl sites for hydroxylation is 1. The number of methoxy groups -OCH3 is 1. The Balaban J connectivity index is 1.85. The highest BCUT2D eigenvalue weighted by atomic mass is 32.1. The van der Waals surface area contributed by atoms with E-state index in [0.29, 0.717) is 12.5 Å². The minimum Gasteiger partial charge on any atom is -0.496 e. The Labute approximate surface area is 142 Å². The normalized spacial score (nSPS) is 12.8. The van der Waals surface area contributed by atoms with Crippen LogP contribution in [0.4, 0.5) is 0 Å². The molecule has 0 saturated heterocycles. The Morgan fingerprint density at radius 1 is 1.30 bits per heavy atom. The number of guanidine groups is 1. The molecule has 0 radical (unpaired) electrons. The molecular weight excluding hydrogens is 306 g/mol. The number of hydrogen-bond donors (Lipinski definition) is 2. The SMILES string of the molecule is CN=C(NCc1ccc(C)c(OC)c1)NCC(C)c1ccsc1. The van der Waals surface area contributed by atoms with Crippen molar-refractivity contribution in [3.05, 3.63) is 51.7 Å². The molecule has 1 aromatic heterocycles. The maximum atomic E-state index is 5.37. The van der Waals surface area contributed by atoms with E-state index in [0.717, 1.165) is 23.8 Å². The number of benzene rings is 1. The van der Waals surface area contributed by atoms with Gasteiger partial charge >= 0.3 is 0 Å². The molecule has 0 aliphatic heterocycles. The maximum absolute atomic E-state index is 5.37. The van der Waals surface area contributed by atoms with Crippen molar-refractivity contribution >= 4 is 17.3 Å². The van der Waals surface area contributed by atoms with E-state index in [9.17, 15) is 0 Å². The number of nitrogens with one attached hydrogen (secondary N) is 2. The number of rotatable bonds is 6. The van der Waals surface area contributed by atoms with Crippen LogP contribution in [0.5, 0.6) is 5.75 Å². The smallest absolute Gasteiger partial charge is 0.191 e. The topological polar surface area (TPSA) is 45.7 Å². The first kappa shape index (κ1) is 17.3. The maximum Gasteiger partial charge on any atom is 0.191 e.